The molecule has 2 amide bonds. The fourth-order valence-electron chi connectivity index (χ4n) is 5.24. The zero-order valence-electron chi connectivity index (χ0n) is 24.0. The van der Waals surface area contributed by atoms with Gasteiger partial charge in [0.05, 0.1) is 18.9 Å². The van der Waals surface area contributed by atoms with Gasteiger partial charge in [-0.2, -0.15) is 0 Å². The number of carboxylic acid groups (broad SMARTS) is 1. The number of hydrogen-bond donors (Lipinski definition) is 2. The highest BCUT2D eigenvalue weighted by atomic mass is 19.1. The monoisotopic (exact) mass is 611 g/mol. The Balaban J connectivity index is 1.58. The number of aromatic carboxylic acids is 1. The van der Waals surface area contributed by atoms with Crippen molar-refractivity contribution in [1.82, 2.24) is 19.9 Å². The van der Waals surface area contributed by atoms with Crippen LogP contribution < -0.4 is 10.1 Å². The van der Waals surface area contributed by atoms with Crippen LogP contribution in [0, 0.1) is 5.82 Å². The summed E-state index contributed by atoms with van der Waals surface area (Å²) in [7, 11) is 1.37. The lowest BCUT2D eigenvalue weighted by Crippen LogP contribution is -2.45. The maximum absolute atomic E-state index is 15.4. The Kier molecular flexibility index (Phi) is 8.66. The average Bonchev–Trinajstić information content (AvgIpc) is 3.52. The van der Waals surface area contributed by atoms with E-state index < -0.39 is 35.5 Å². The molecule has 228 valence electrons. The van der Waals surface area contributed by atoms with Gasteiger partial charge in [-0.25, -0.2) is 18.3 Å². The summed E-state index contributed by atoms with van der Waals surface area (Å²) in [6.07, 6.45) is 4.13. The number of allylic oxidation sites excluding steroid dienone is 4. The van der Waals surface area contributed by atoms with Crippen molar-refractivity contribution >= 4 is 29.2 Å². The first kappa shape index (κ1) is 30.5. The van der Waals surface area contributed by atoms with Crippen molar-refractivity contribution in [2.24, 2.45) is 0 Å². The van der Waals surface area contributed by atoms with Crippen molar-refractivity contribution in [1.29, 1.82) is 0 Å². The third-order valence-electron chi connectivity index (χ3n) is 7.32. The minimum absolute atomic E-state index is 0.0293. The number of carbonyl (C=O) groups is 3. The molecule has 5 rings (SSSR count). The largest absolute Gasteiger partial charge is 0.494 e. The number of aromatic nitrogens is 3. The number of anilines is 1. The lowest BCUT2D eigenvalue weighted by Gasteiger charge is -2.37. The molecule has 2 N–H and O–H groups in total. The number of halogens is 2. The van der Waals surface area contributed by atoms with Crippen LogP contribution in [-0.2, 0) is 11.2 Å². The van der Waals surface area contributed by atoms with Gasteiger partial charge in [0.2, 0.25) is 0 Å². The predicted molar refractivity (Wildman–Crippen MR) is 163 cm³/mol. The Labute approximate surface area is 256 Å². The molecule has 0 saturated carbocycles. The number of nitrogens with zero attached hydrogens (tertiary/aromatic N) is 4. The first-order valence-electron chi connectivity index (χ1n) is 13.6. The average molecular weight is 612 g/mol. The number of methoxy groups -OCH3 is 1. The van der Waals surface area contributed by atoms with Crippen LogP contribution in [-0.4, -0.2) is 56.4 Å². The van der Waals surface area contributed by atoms with E-state index in [2.05, 4.69) is 28.8 Å². The van der Waals surface area contributed by atoms with Gasteiger partial charge < -0.3 is 20.1 Å². The van der Waals surface area contributed by atoms with E-state index in [0.717, 1.165) is 4.68 Å². The molecule has 12 heteroatoms. The van der Waals surface area contributed by atoms with E-state index in [0.29, 0.717) is 22.4 Å². The van der Waals surface area contributed by atoms with Crippen molar-refractivity contribution in [3.8, 4) is 16.9 Å². The van der Waals surface area contributed by atoms with Crippen LogP contribution >= 0.6 is 0 Å². The van der Waals surface area contributed by atoms with Crippen LogP contribution in [0.3, 0.4) is 0 Å². The highest BCUT2D eigenvalue weighted by Gasteiger charge is 2.38. The summed E-state index contributed by atoms with van der Waals surface area (Å²) in [6, 6.07) is 14.2. The molecule has 0 fully saturated rings. The fraction of sp³-hybridized carbons (Fsp3) is 0.121. The van der Waals surface area contributed by atoms with Crippen molar-refractivity contribution in [3.05, 3.63) is 126 Å². The third-order valence-corrected chi connectivity index (χ3v) is 7.32. The van der Waals surface area contributed by atoms with E-state index in [9.17, 15) is 23.9 Å². The third kappa shape index (κ3) is 5.98. The highest BCUT2D eigenvalue weighted by Crippen LogP contribution is 2.39. The molecule has 0 spiro atoms. The Bertz CT molecular complexity index is 1870. The van der Waals surface area contributed by atoms with Crippen molar-refractivity contribution < 1.29 is 33.0 Å². The molecule has 1 aliphatic heterocycles. The first-order valence-corrected chi connectivity index (χ1v) is 13.6. The van der Waals surface area contributed by atoms with Crippen molar-refractivity contribution in [2.45, 2.75) is 12.5 Å². The normalized spacial score (nSPS) is 14.3. The molecule has 2 heterocycles. The second-order valence-electron chi connectivity index (χ2n) is 9.96. The van der Waals surface area contributed by atoms with Crippen molar-refractivity contribution in [3.63, 3.8) is 0 Å². The maximum atomic E-state index is 15.4. The Hall–Kier alpha value is -5.91. The maximum Gasteiger partial charge on any atom is 0.335 e. The molecule has 4 aromatic rings. The summed E-state index contributed by atoms with van der Waals surface area (Å²) in [6.45, 7) is 6.86. The molecule has 3 aromatic carbocycles. The number of carboxylic acids is 1. The number of nitrogens with one attached hydrogen (secondary N) is 1. The SMILES string of the molecule is C=C/C=C(\C(=C)F)n1cc(C(=O)N2CCc3c(-c4cccc(OC)c4F)cccc3C2C(=O)Nc2ccc(C(=O)O)cc2)nn1. The van der Waals surface area contributed by atoms with Crippen LogP contribution in [0.15, 0.2) is 98.0 Å². The Morgan fingerprint density at radius 2 is 1.80 bits per heavy atom. The molecular weight excluding hydrogens is 584 g/mol. The second-order valence-corrected chi connectivity index (χ2v) is 9.96. The topological polar surface area (TPSA) is 127 Å². The molecule has 1 aliphatic rings. The highest BCUT2D eigenvalue weighted by molar-refractivity contribution is 6.02. The zero-order chi connectivity index (χ0) is 32.2. The second kappa shape index (κ2) is 12.8. The standard InChI is InChI=1S/C33H27F2N5O5/c1-4-7-27(19(2)34)40-18-26(37-38-40)32(42)39-17-16-23-22(24-9-6-11-28(45-3)29(24)35)8-5-10-25(23)30(39)31(41)36-21-14-12-20(13-15-21)33(43)44/h4-15,18,30H,1-2,16-17H2,3H3,(H,36,41)(H,43,44)/b27-7+. The molecule has 1 aromatic heterocycles. The van der Waals surface area contributed by atoms with Crippen LogP contribution in [0.5, 0.6) is 5.75 Å². The number of fused-ring (bicyclic) bond motifs is 1. The number of amides is 2. The van der Waals surface area contributed by atoms with Gasteiger partial charge in [-0.1, -0.05) is 54.8 Å². The summed E-state index contributed by atoms with van der Waals surface area (Å²) in [5.41, 5.74) is 2.00. The smallest absolute Gasteiger partial charge is 0.335 e. The zero-order valence-corrected chi connectivity index (χ0v) is 24.0. The van der Waals surface area contributed by atoms with Crippen LogP contribution in [0.25, 0.3) is 16.8 Å². The summed E-state index contributed by atoms with van der Waals surface area (Å²) >= 11 is 0. The van der Waals surface area contributed by atoms with Gasteiger partial charge >= 0.3 is 5.97 Å². The summed E-state index contributed by atoms with van der Waals surface area (Å²) < 4.78 is 35.7. The van der Waals surface area contributed by atoms with Crippen molar-refractivity contribution in [2.75, 3.05) is 19.0 Å². The fourth-order valence-corrected chi connectivity index (χ4v) is 5.24. The number of rotatable bonds is 9. The van der Waals surface area contributed by atoms with Gasteiger partial charge in [0.15, 0.2) is 17.3 Å². The van der Waals surface area contributed by atoms with Gasteiger partial charge in [-0.05, 0) is 59.5 Å². The molecule has 0 bridgehead atoms. The molecule has 0 aliphatic carbocycles. The van der Waals surface area contributed by atoms with E-state index in [1.165, 1.54) is 60.7 Å². The molecule has 1 atom stereocenters. The van der Waals surface area contributed by atoms with Gasteiger partial charge in [0.25, 0.3) is 11.8 Å². The lowest BCUT2D eigenvalue weighted by molar-refractivity contribution is -0.121. The van der Waals surface area contributed by atoms with E-state index in [4.69, 9.17) is 4.74 Å². The van der Waals surface area contributed by atoms with Crippen LogP contribution in [0.4, 0.5) is 14.5 Å². The molecule has 0 saturated heterocycles. The van der Waals surface area contributed by atoms with Crippen LogP contribution in [0.2, 0.25) is 0 Å². The minimum atomic E-state index is -1.21. The Morgan fingerprint density at radius 3 is 2.47 bits per heavy atom. The van der Waals surface area contributed by atoms with Gasteiger partial charge in [0, 0.05) is 17.8 Å². The van der Waals surface area contributed by atoms with Gasteiger partial charge in [-0.3, -0.25) is 9.59 Å². The molecular formula is C33H27F2N5O5. The van der Waals surface area contributed by atoms with E-state index >= 15 is 4.39 Å². The number of carbonyl (C=O) groups excluding carboxylic acids is 2. The minimum Gasteiger partial charge on any atom is -0.494 e. The quantitative estimate of drug-likeness (QED) is 0.233. The molecule has 0 radical (unpaired) electrons. The van der Waals surface area contributed by atoms with Crippen LogP contribution in [0.1, 0.15) is 38.0 Å². The number of hydrogen-bond acceptors (Lipinski definition) is 6. The van der Waals surface area contributed by atoms with E-state index in [1.807, 2.05) is 0 Å². The molecule has 1 unspecified atom stereocenters. The lowest BCUT2D eigenvalue weighted by atomic mass is 9.85. The summed E-state index contributed by atoms with van der Waals surface area (Å²) in [5.74, 6) is -3.73. The first-order chi connectivity index (χ1) is 21.6. The summed E-state index contributed by atoms with van der Waals surface area (Å²) in [5, 5.41) is 19.8. The van der Waals surface area contributed by atoms with E-state index in [1.54, 1.807) is 30.3 Å². The Morgan fingerprint density at radius 1 is 1.09 bits per heavy atom. The predicted octanol–water partition coefficient (Wildman–Crippen LogP) is 5.68. The molecule has 10 nitrogen and oxygen atoms in total. The van der Waals surface area contributed by atoms with E-state index in [-0.39, 0.29) is 41.2 Å². The van der Waals surface area contributed by atoms with Gasteiger partial charge in [-0.15, -0.1) is 5.10 Å². The number of benzene rings is 3. The van der Waals surface area contributed by atoms with Gasteiger partial charge in [0.1, 0.15) is 17.6 Å². The summed E-state index contributed by atoms with van der Waals surface area (Å²) in [4.78, 5) is 40.4. The molecule has 45 heavy (non-hydrogen) atoms. The number of ether oxygens (including phenoxy) is 1.